The molecule has 2 rings (SSSR count). The molecule has 1 aliphatic rings. The van der Waals surface area contributed by atoms with Gasteiger partial charge in [-0.15, -0.1) is 0 Å². The lowest BCUT2D eigenvalue weighted by atomic mass is 10.3. The topological polar surface area (TPSA) is 83.9 Å². The zero-order valence-electron chi connectivity index (χ0n) is 10.1. The molecule has 110 valence electrons. The summed E-state index contributed by atoms with van der Waals surface area (Å²) in [6, 6.07) is 2.07. The monoisotopic (exact) mass is 307 g/mol. The molecule has 1 atom stereocenters. The molecule has 1 unspecified atom stereocenters. The molecule has 0 aliphatic carbocycles. The predicted molar refractivity (Wildman–Crippen MR) is 62.5 cm³/mol. The van der Waals surface area contributed by atoms with Crippen LogP contribution in [0.15, 0.2) is 23.1 Å². The average molecular weight is 307 g/mol. The minimum absolute atomic E-state index is 0.123. The highest BCUT2D eigenvalue weighted by molar-refractivity contribution is 7.89. The predicted octanol–water partition coefficient (Wildman–Crippen LogP) is 0.439. The van der Waals surface area contributed by atoms with Crippen LogP contribution in [0.1, 0.15) is 0 Å². The maximum absolute atomic E-state index is 13.6. The molecule has 0 spiro atoms. The first kappa shape index (κ1) is 14.8. The number of hydrogen-bond donors (Lipinski definition) is 1. The van der Waals surface area contributed by atoms with Crippen molar-refractivity contribution in [1.82, 2.24) is 4.31 Å². The molecule has 1 saturated heterocycles. The highest BCUT2D eigenvalue weighted by Gasteiger charge is 2.35. The molecule has 0 amide bonds. The average Bonchev–Trinajstić information content (AvgIpc) is 2.41. The Balaban J connectivity index is 2.35. The minimum Gasteiger partial charge on any atom is -0.479 e. The lowest BCUT2D eigenvalue weighted by Gasteiger charge is -2.30. The van der Waals surface area contributed by atoms with Crippen LogP contribution in [0, 0.1) is 11.6 Å². The van der Waals surface area contributed by atoms with E-state index in [1.54, 1.807) is 0 Å². The summed E-state index contributed by atoms with van der Waals surface area (Å²) in [6.07, 6.45) is -1.32. The summed E-state index contributed by atoms with van der Waals surface area (Å²) in [5.41, 5.74) is 0. The fourth-order valence-electron chi connectivity index (χ4n) is 1.81. The Morgan fingerprint density at radius 2 is 2.10 bits per heavy atom. The lowest BCUT2D eigenvalue weighted by Crippen LogP contribution is -2.48. The number of morpholine rings is 1. The van der Waals surface area contributed by atoms with Crippen molar-refractivity contribution in [1.29, 1.82) is 0 Å². The first-order valence-corrected chi connectivity index (χ1v) is 7.06. The van der Waals surface area contributed by atoms with Crippen molar-refractivity contribution in [3.63, 3.8) is 0 Å². The number of carbonyl (C=O) groups is 1. The SMILES string of the molecule is O=C(O)C1CN(S(=O)(=O)c2cc(F)ccc2F)CCO1. The van der Waals surface area contributed by atoms with Gasteiger partial charge in [-0.3, -0.25) is 0 Å². The van der Waals surface area contributed by atoms with Gasteiger partial charge in [-0.1, -0.05) is 0 Å². The number of rotatable bonds is 3. The molecule has 6 nitrogen and oxygen atoms in total. The zero-order chi connectivity index (χ0) is 14.9. The van der Waals surface area contributed by atoms with Gasteiger partial charge in [0.1, 0.15) is 16.5 Å². The molecular weight excluding hydrogens is 296 g/mol. The maximum atomic E-state index is 13.6. The van der Waals surface area contributed by atoms with Gasteiger partial charge in [0.15, 0.2) is 6.10 Å². The summed E-state index contributed by atoms with van der Waals surface area (Å²) in [4.78, 5) is 9.99. The van der Waals surface area contributed by atoms with Crippen LogP contribution in [0.25, 0.3) is 0 Å². The molecule has 1 aromatic carbocycles. The van der Waals surface area contributed by atoms with Crippen LogP contribution in [0.3, 0.4) is 0 Å². The van der Waals surface area contributed by atoms with Crippen molar-refractivity contribution in [2.75, 3.05) is 19.7 Å². The number of carboxylic acids is 1. The van der Waals surface area contributed by atoms with Gasteiger partial charge in [-0.2, -0.15) is 4.31 Å². The maximum Gasteiger partial charge on any atom is 0.334 e. The molecule has 1 fully saturated rings. The van der Waals surface area contributed by atoms with Gasteiger partial charge in [0.05, 0.1) is 13.2 Å². The normalized spacial score (nSPS) is 20.8. The Kier molecular flexibility index (Phi) is 4.02. The second-order valence-corrected chi connectivity index (χ2v) is 6.04. The number of ether oxygens (including phenoxy) is 1. The van der Waals surface area contributed by atoms with Gasteiger partial charge in [0.25, 0.3) is 0 Å². The number of carboxylic acid groups (broad SMARTS) is 1. The summed E-state index contributed by atoms with van der Waals surface area (Å²) in [5.74, 6) is -3.30. The number of nitrogens with zero attached hydrogens (tertiary/aromatic N) is 1. The molecule has 20 heavy (non-hydrogen) atoms. The fourth-order valence-corrected chi connectivity index (χ4v) is 3.31. The molecule has 1 N–H and O–H groups in total. The fraction of sp³-hybridized carbons (Fsp3) is 0.364. The van der Waals surface area contributed by atoms with Gasteiger partial charge in [-0.25, -0.2) is 22.0 Å². The van der Waals surface area contributed by atoms with Crippen molar-refractivity contribution in [2.45, 2.75) is 11.0 Å². The van der Waals surface area contributed by atoms with Crippen molar-refractivity contribution in [3.05, 3.63) is 29.8 Å². The molecule has 1 aromatic rings. The minimum atomic E-state index is -4.31. The molecule has 1 aliphatic heterocycles. The first-order chi connectivity index (χ1) is 9.32. The molecule has 9 heteroatoms. The summed E-state index contributed by atoms with van der Waals surface area (Å²) in [5, 5.41) is 8.81. The van der Waals surface area contributed by atoms with E-state index in [1.807, 2.05) is 0 Å². The van der Waals surface area contributed by atoms with Crippen molar-refractivity contribution in [3.8, 4) is 0 Å². The van der Waals surface area contributed by atoms with Crippen molar-refractivity contribution >= 4 is 16.0 Å². The van der Waals surface area contributed by atoms with Gasteiger partial charge in [0, 0.05) is 6.54 Å². The van der Waals surface area contributed by atoms with E-state index >= 15 is 0 Å². The number of aliphatic carboxylic acids is 1. The van der Waals surface area contributed by atoms with E-state index in [1.165, 1.54) is 0 Å². The molecule has 1 heterocycles. The number of hydrogen-bond acceptors (Lipinski definition) is 4. The van der Waals surface area contributed by atoms with Crippen LogP contribution in [0.5, 0.6) is 0 Å². The zero-order valence-corrected chi connectivity index (χ0v) is 10.9. The van der Waals surface area contributed by atoms with Crippen LogP contribution in [-0.4, -0.2) is 49.6 Å². The van der Waals surface area contributed by atoms with Gasteiger partial charge in [0.2, 0.25) is 10.0 Å². The second-order valence-electron chi connectivity index (χ2n) is 4.14. The van der Waals surface area contributed by atoms with E-state index in [-0.39, 0.29) is 13.2 Å². The Morgan fingerprint density at radius 3 is 2.75 bits per heavy atom. The van der Waals surface area contributed by atoms with E-state index in [0.717, 1.165) is 10.4 Å². The van der Waals surface area contributed by atoms with E-state index in [2.05, 4.69) is 0 Å². The Morgan fingerprint density at radius 1 is 1.40 bits per heavy atom. The summed E-state index contributed by atoms with van der Waals surface area (Å²) < 4.78 is 56.7. The smallest absolute Gasteiger partial charge is 0.334 e. The van der Waals surface area contributed by atoms with Crippen LogP contribution in [0.4, 0.5) is 8.78 Å². The van der Waals surface area contributed by atoms with Gasteiger partial charge in [-0.05, 0) is 18.2 Å². The van der Waals surface area contributed by atoms with E-state index in [9.17, 15) is 22.0 Å². The molecular formula is C11H11F2NO5S. The molecule has 0 saturated carbocycles. The van der Waals surface area contributed by atoms with Crippen LogP contribution < -0.4 is 0 Å². The second kappa shape index (κ2) is 5.43. The molecule has 0 aromatic heterocycles. The standard InChI is InChI=1S/C11H11F2NO5S/c12-7-1-2-8(13)10(5-7)20(17,18)14-3-4-19-9(6-14)11(15)16/h1-2,5,9H,3-4,6H2,(H,15,16). The van der Waals surface area contributed by atoms with E-state index in [4.69, 9.17) is 9.84 Å². The summed E-state index contributed by atoms with van der Waals surface area (Å²) in [6.45, 7) is -0.706. The van der Waals surface area contributed by atoms with Crippen molar-refractivity contribution in [2.24, 2.45) is 0 Å². The Bertz CT molecular complexity index is 634. The first-order valence-electron chi connectivity index (χ1n) is 5.62. The highest BCUT2D eigenvalue weighted by atomic mass is 32.2. The van der Waals surface area contributed by atoms with E-state index < -0.39 is 45.2 Å². The third kappa shape index (κ3) is 2.79. The van der Waals surface area contributed by atoms with Crippen LogP contribution in [0.2, 0.25) is 0 Å². The third-order valence-electron chi connectivity index (χ3n) is 2.82. The number of halogens is 2. The Hall–Kier alpha value is -1.58. The Labute approximate surface area is 113 Å². The summed E-state index contributed by atoms with van der Waals surface area (Å²) >= 11 is 0. The van der Waals surface area contributed by atoms with Crippen molar-refractivity contribution < 1.29 is 31.8 Å². The molecule has 0 bridgehead atoms. The largest absolute Gasteiger partial charge is 0.479 e. The lowest BCUT2D eigenvalue weighted by molar-refractivity contribution is -0.153. The number of benzene rings is 1. The van der Waals surface area contributed by atoms with Crippen LogP contribution >= 0.6 is 0 Å². The number of sulfonamides is 1. The third-order valence-corrected chi connectivity index (χ3v) is 4.70. The van der Waals surface area contributed by atoms with Crippen LogP contribution in [-0.2, 0) is 19.6 Å². The molecule has 0 radical (unpaired) electrons. The van der Waals surface area contributed by atoms with Gasteiger partial charge < -0.3 is 9.84 Å². The highest BCUT2D eigenvalue weighted by Crippen LogP contribution is 2.22. The quantitative estimate of drug-likeness (QED) is 0.876. The van der Waals surface area contributed by atoms with E-state index in [0.29, 0.717) is 12.1 Å². The summed E-state index contributed by atoms with van der Waals surface area (Å²) in [7, 11) is -4.31. The van der Waals surface area contributed by atoms with Gasteiger partial charge >= 0.3 is 5.97 Å².